The van der Waals surface area contributed by atoms with Gasteiger partial charge in [0.15, 0.2) is 0 Å². The minimum atomic E-state index is -3.67. The number of rotatable bonds is 7. The average molecular weight is 370 g/mol. The first-order valence-electron chi connectivity index (χ1n) is 5.76. The molecule has 0 saturated carbocycles. The number of sulfonamides is 1. The highest BCUT2D eigenvalue weighted by Crippen LogP contribution is 2.29. The van der Waals surface area contributed by atoms with Crippen molar-refractivity contribution >= 4 is 43.3 Å². The molecule has 1 aromatic rings. The quantitative estimate of drug-likeness (QED) is 0.773. The summed E-state index contributed by atoms with van der Waals surface area (Å²) in [5, 5.41) is 8.80. The molecule has 0 aliphatic heterocycles. The molecule has 8 heteroatoms. The van der Waals surface area contributed by atoms with Crippen LogP contribution in [0.25, 0.3) is 0 Å². The highest BCUT2D eigenvalue weighted by Gasteiger charge is 2.24. The van der Waals surface area contributed by atoms with Crippen LogP contribution in [0.15, 0.2) is 14.7 Å². The molecule has 108 valence electrons. The second-order valence-electron chi connectivity index (χ2n) is 4.18. The van der Waals surface area contributed by atoms with E-state index in [4.69, 9.17) is 5.11 Å². The van der Waals surface area contributed by atoms with Gasteiger partial charge in [0.25, 0.3) is 0 Å². The fourth-order valence-electron chi connectivity index (χ4n) is 1.74. The van der Waals surface area contributed by atoms with Crippen molar-refractivity contribution in [2.75, 3.05) is 0 Å². The summed E-state index contributed by atoms with van der Waals surface area (Å²) in [6.45, 7) is 3.60. The van der Waals surface area contributed by atoms with Crippen molar-refractivity contribution in [2.24, 2.45) is 0 Å². The van der Waals surface area contributed by atoms with Gasteiger partial charge in [-0.3, -0.25) is 4.79 Å². The van der Waals surface area contributed by atoms with E-state index in [0.717, 1.165) is 3.79 Å². The maximum Gasteiger partial charge on any atom is 0.304 e. The van der Waals surface area contributed by atoms with Crippen LogP contribution in [-0.4, -0.2) is 25.5 Å². The monoisotopic (exact) mass is 369 g/mol. The Kier molecular flexibility index (Phi) is 5.97. The van der Waals surface area contributed by atoms with Crippen molar-refractivity contribution in [3.8, 4) is 0 Å². The van der Waals surface area contributed by atoms with E-state index in [-0.39, 0.29) is 11.3 Å². The fraction of sp³-hybridized carbons (Fsp3) is 0.545. The number of thiophene rings is 1. The van der Waals surface area contributed by atoms with Crippen molar-refractivity contribution < 1.29 is 18.3 Å². The molecule has 1 heterocycles. The van der Waals surface area contributed by atoms with Crippen molar-refractivity contribution in [3.63, 3.8) is 0 Å². The molecule has 1 unspecified atom stereocenters. The van der Waals surface area contributed by atoms with Gasteiger partial charge in [0.1, 0.15) is 0 Å². The second kappa shape index (κ2) is 6.83. The van der Waals surface area contributed by atoms with E-state index < -0.39 is 22.0 Å². The van der Waals surface area contributed by atoms with E-state index in [1.165, 1.54) is 17.4 Å². The lowest BCUT2D eigenvalue weighted by molar-refractivity contribution is -0.137. The van der Waals surface area contributed by atoms with Gasteiger partial charge in [-0.15, -0.1) is 11.3 Å². The van der Waals surface area contributed by atoms with E-state index in [1.807, 2.05) is 6.92 Å². The Balaban J connectivity index is 2.93. The van der Waals surface area contributed by atoms with Crippen LogP contribution in [0.3, 0.4) is 0 Å². The van der Waals surface area contributed by atoms with Crippen LogP contribution in [0.2, 0.25) is 0 Å². The van der Waals surface area contributed by atoms with E-state index in [9.17, 15) is 13.2 Å². The van der Waals surface area contributed by atoms with E-state index in [0.29, 0.717) is 17.7 Å². The van der Waals surface area contributed by atoms with Gasteiger partial charge in [-0.05, 0) is 35.3 Å². The van der Waals surface area contributed by atoms with Crippen molar-refractivity contribution in [3.05, 3.63) is 14.7 Å². The van der Waals surface area contributed by atoms with Gasteiger partial charge in [0.2, 0.25) is 10.0 Å². The van der Waals surface area contributed by atoms with Gasteiger partial charge in [0.05, 0.1) is 15.1 Å². The molecule has 0 aliphatic rings. The minimum Gasteiger partial charge on any atom is -0.481 e. The summed E-state index contributed by atoms with van der Waals surface area (Å²) < 4.78 is 27.6. The zero-order valence-electron chi connectivity index (χ0n) is 10.6. The van der Waals surface area contributed by atoms with Gasteiger partial charge in [-0.1, -0.05) is 13.3 Å². The second-order valence-corrected chi connectivity index (χ2v) is 8.49. The summed E-state index contributed by atoms with van der Waals surface area (Å²) in [7, 11) is -3.67. The van der Waals surface area contributed by atoms with Crippen LogP contribution in [0.4, 0.5) is 0 Å². The first-order valence-corrected chi connectivity index (χ1v) is 8.85. The number of hydrogen-bond donors (Lipinski definition) is 2. The molecule has 0 aliphatic carbocycles. The Morgan fingerprint density at radius 2 is 2.21 bits per heavy atom. The Morgan fingerprint density at radius 1 is 1.58 bits per heavy atom. The molecule has 0 saturated heterocycles. The number of carboxylic acid groups (broad SMARTS) is 1. The maximum atomic E-state index is 12.2. The third-order valence-corrected chi connectivity index (χ3v) is 5.84. The van der Waals surface area contributed by atoms with Crippen LogP contribution >= 0.6 is 27.3 Å². The van der Waals surface area contributed by atoms with Gasteiger partial charge in [-0.2, -0.15) is 0 Å². The SMILES string of the molecule is CCCC(CC(=O)O)NS(=O)(=O)c1cc(Br)sc1C. The first-order chi connectivity index (χ1) is 8.76. The molecule has 1 aromatic heterocycles. The van der Waals surface area contributed by atoms with E-state index in [2.05, 4.69) is 20.7 Å². The molecule has 0 bridgehead atoms. The molecule has 0 amide bonds. The molecule has 0 aromatic carbocycles. The lowest BCUT2D eigenvalue weighted by Gasteiger charge is -2.16. The van der Waals surface area contributed by atoms with Gasteiger partial charge in [-0.25, -0.2) is 13.1 Å². The predicted octanol–water partition coefficient (Wildman–Crippen LogP) is 2.74. The van der Waals surface area contributed by atoms with Crippen LogP contribution in [0, 0.1) is 6.92 Å². The highest BCUT2D eigenvalue weighted by molar-refractivity contribution is 9.11. The highest BCUT2D eigenvalue weighted by atomic mass is 79.9. The molecule has 0 fully saturated rings. The largest absolute Gasteiger partial charge is 0.481 e. The van der Waals surface area contributed by atoms with E-state index >= 15 is 0 Å². The molecular formula is C11H16BrNO4S2. The number of nitrogens with one attached hydrogen (secondary N) is 1. The average Bonchev–Trinajstić information content (AvgIpc) is 2.57. The number of carbonyl (C=O) groups is 1. The van der Waals surface area contributed by atoms with Crippen LogP contribution in [0.1, 0.15) is 31.1 Å². The number of carboxylic acids is 1. The summed E-state index contributed by atoms with van der Waals surface area (Å²) in [5.74, 6) is -1.01. The summed E-state index contributed by atoms with van der Waals surface area (Å²) in [5.41, 5.74) is 0. The molecule has 2 N–H and O–H groups in total. The van der Waals surface area contributed by atoms with Gasteiger partial charge < -0.3 is 5.11 Å². The van der Waals surface area contributed by atoms with Crippen molar-refractivity contribution in [2.45, 2.75) is 44.0 Å². The topological polar surface area (TPSA) is 83.5 Å². The van der Waals surface area contributed by atoms with Gasteiger partial charge in [0, 0.05) is 10.9 Å². The lowest BCUT2D eigenvalue weighted by atomic mass is 10.1. The normalized spacial score (nSPS) is 13.4. The summed E-state index contributed by atoms with van der Waals surface area (Å²) in [6.07, 6.45) is 1.00. The lowest BCUT2D eigenvalue weighted by Crippen LogP contribution is -2.36. The van der Waals surface area contributed by atoms with Gasteiger partial charge >= 0.3 is 5.97 Å². The third-order valence-electron chi connectivity index (χ3n) is 2.51. The Morgan fingerprint density at radius 3 is 2.63 bits per heavy atom. The summed E-state index contributed by atoms with van der Waals surface area (Å²) in [6, 6.07) is 0.956. The zero-order valence-corrected chi connectivity index (χ0v) is 13.9. The Hall–Kier alpha value is -0.440. The smallest absolute Gasteiger partial charge is 0.304 e. The Labute approximate surface area is 125 Å². The van der Waals surface area contributed by atoms with Crippen LogP contribution in [-0.2, 0) is 14.8 Å². The molecule has 1 atom stereocenters. The number of aliphatic carboxylic acids is 1. The van der Waals surface area contributed by atoms with Crippen LogP contribution in [0.5, 0.6) is 0 Å². The molecule has 5 nitrogen and oxygen atoms in total. The van der Waals surface area contributed by atoms with Crippen LogP contribution < -0.4 is 4.72 Å². The van der Waals surface area contributed by atoms with Crippen molar-refractivity contribution in [1.29, 1.82) is 0 Å². The molecule has 19 heavy (non-hydrogen) atoms. The number of halogens is 1. The molecule has 0 radical (unpaired) electrons. The van der Waals surface area contributed by atoms with E-state index in [1.54, 1.807) is 6.92 Å². The minimum absolute atomic E-state index is 0.205. The molecular weight excluding hydrogens is 354 g/mol. The first kappa shape index (κ1) is 16.6. The zero-order chi connectivity index (χ0) is 14.6. The third kappa shape index (κ3) is 4.87. The summed E-state index contributed by atoms with van der Waals surface area (Å²) in [4.78, 5) is 11.6. The number of hydrogen-bond acceptors (Lipinski definition) is 4. The molecule has 0 spiro atoms. The Bertz CT molecular complexity index is 553. The number of aryl methyl sites for hydroxylation is 1. The predicted molar refractivity (Wildman–Crippen MR) is 78.0 cm³/mol. The van der Waals surface area contributed by atoms with Crippen molar-refractivity contribution in [1.82, 2.24) is 4.72 Å². The summed E-state index contributed by atoms with van der Waals surface area (Å²) >= 11 is 4.58. The maximum absolute atomic E-state index is 12.2. The fourth-order valence-corrected chi connectivity index (χ4v) is 5.43. The standard InChI is InChI=1S/C11H16BrNO4S2/c1-3-4-8(5-11(14)15)13-19(16,17)9-6-10(12)18-7(9)2/h6,8,13H,3-5H2,1-2H3,(H,14,15). The molecule has 1 rings (SSSR count).